The predicted molar refractivity (Wildman–Crippen MR) is 75.7 cm³/mol. The molecule has 0 aliphatic rings. The van der Waals surface area contributed by atoms with E-state index in [-0.39, 0.29) is 29.5 Å². The van der Waals surface area contributed by atoms with Gasteiger partial charge in [-0.1, -0.05) is 6.92 Å². The van der Waals surface area contributed by atoms with Gasteiger partial charge in [0.1, 0.15) is 0 Å². The van der Waals surface area contributed by atoms with Crippen LogP contribution in [0.25, 0.3) is 0 Å². The van der Waals surface area contributed by atoms with Crippen LogP contribution in [0.3, 0.4) is 0 Å². The van der Waals surface area contributed by atoms with E-state index in [0.29, 0.717) is 0 Å². The van der Waals surface area contributed by atoms with Gasteiger partial charge in [0.05, 0.1) is 6.42 Å². The van der Waals surface area contributed by atoms with Gasteiger partial charge in [-0.15, -0.1) is 0 Å². The Morgan fingerprint density at radius 1 is 0.484 bits per heavy atom. The number of halogens is 17. The van der Waals surface area contributed by atoms with E-state index in [9.17, 15) is 70.2 Å². The zero-order chi connectivity index (χ0) is 25.9. The average molecular weight is 616 g/mol. The Labute approximate surface area is 174 Å². The molecule has 0 aromatic heterocycles. The predicted octanol–water partition coefficient (Wildman–Crippen LogP) is 5.94. The summed E-state index contributed by atoms with van der Waals surface area (Å²) in [5.74, 6) is -61.9. The van der Waals surface area contributed by atoms with Gasteiger partial charge in [0.15, 0.2) is 0 Å². The lowest BCUT2D eigenvalue weighted by molar-refractivity contribution is -0.454. The smallest absolute Gasteiger partial charge is 0.358 e. The van der Waals surface area contributed by atoms with E-state index in [1.165, 1.54) is 0 Å². The molecule has 0 saturated carbocycles. The molecule has 0 fully saturated rings. The second-order valence-electron chi connectivity index (χ2n) is 6.10. The largest absolute Gasteiger partial charge is 0.384 e. The van der Waals surface area contributed by atoms with Crippen molar-refractivity contribution < 1.29 is 80.5 Å². The summed E-state index contributed by atoms with van der Waals surface area (Å²) in [6.45, 7) is -0.0519. The Bertz CT molecular complexity index is 653. The summed E-state index contributed by atoms with van der Waals surface area (Å²) in [5.41, 5.74) is 0. The van der Waals surface area contributed by atoms with Gasteiger partial charge in [0, 0.05) is 6.42 Å². The minimum atomic E-state index is -8.51. The second-order valence-corrected chi connectivity index (χ2v) is 7.83. The van der Waals surface area contributed by atoms with Crippen molar-refractivity contribution in [3.05, 3.63) is 0 Å². The SMILES string of the molecule is CCC(F)(F)C(F)(F)C(F)(F)C(F)(F)C(F)(F)C(F)(F)C(F)(F)C(F)(F)CC(O)(O)I. The van der Waals surface area contributed by atoms with E-state index in [2.05, 4.69) is 0 Å². The van der Waals surface area contributed by atoms with Crippen LogP contribution in [0.4, 0.5) is 70.2 Å². The number of alkyl halides is 17. The van der Waals surface area contributed by atoms with Crippen molar-refractivity contribution in [1.29, 1.82) is 0 Å². The zero-order valence-electron chi connectivity index (χ0n) is 14.2. The van der Waals surface area contributed by atoms with Gasteiger partial charge < -0.3 is 10.2 Å². The van der Waals surface area contributed by atoms with Gasteiger partial charge in [-0.2, -0.15) is 70.2 Å². The van der Waals surface area contributed by atoms with Crippen molar-refractivity contribution in [2.75, 3.05) is 0 Å². The van der Waals surface area contributed by atoms with E-state index in [0.717, 1.165) is 0 Å². The molecule has 0 aromatic carbocycles. The first kappa shape index (κ1) is 30.5. The van der Waals surface area contributed by atoms with Crippen LogP contribution in [0.15, 0.2) is 0 Å². The van der Waals surface area contributed by atoms with Crippen molar-refractivity contribution in [3.63, 3.8) is 0 Å². The van der Waals surface area contributed by atoms with Crippen molar-refractivity contribution in [2.24, 2.45) is 0 Å². The molecule has 0 saturated heterocycles. The molecule has 0 aliphatic carbocycles. The minimum Gasteiger partial charge on any atom is -0.358 e. The third kappa shape index (κ3) is 4.37. The number of hydrogen-bond donors (Lipinski definition) is 2. The first-order valence-electron chi connectivity index (χ1n) is 7.18. The highest BCUT2D eigenvalue weighted by Crippen LogP contribution is 2.64. The Hall–Kier alpha value is -0.470. The molecule has 0 radical (unpaired) electrons. The molecule has 0 unspecified atom stereocenters. The maximum atomic E-state index is 13.5. The third-order valence-corrected chi connectivity index (χ3v) is 4.16. The maximum absolute atomic E-state index is 13.5. The molecule has 19 heteroatoms. The Morgan fingerprint density at radius 3 is 0.935 bits per heavy atom. The first-order chi connectivity index (χ1) is 13.0. The van der Waals surface area contributed by atoms with Gasteiger partial charge in [0.25, 0.3) is 0 Å². The fourth-order valence-corrected chi connectivity index (χ4v) is 2.34. The zero-order valence-corrected chi connectivity index (χ0v) is 16.4. The third-order valence-electron chi connectivity index (χ3n) is 3.78. The summed E-state index contributed by atoms with van der Waals surface area (Å²) in [4.78, 5) is 0. The van der Waals surface area contributed by atoms with Crippen LogP contribution in [-0.2, 0) is 0 Å². The molecule has 0 aliphatic heterocycles. The summed E-state index contributed by atoms with van der Waals surface area (Å²) >= 11 is 0.0580. The molecular weight excluding hydrogens is 607 g/mol. The van der Waals surface area contributed by atoms with Gasteiger partial charge in [-0.05, 0) is 22.6 Å². The van der Waals surface area contributed by atoms with Crippen molar-refractivity contribution >= 4 is 22.6 Å². The van der Waals surface area contributed by atoms with Gasteiger partial charge >= 0.3 is 47.4 Å². The van der Waals surface area contributed by atoms with Crippen LogP contribution in [-0.4, -0.2) is 61.4 Å². The number of aliphatic hydroxyl groups is 2. The van der Waals surface area contributed by atoms with Gasteiger partial charge in [-0.3, -0.25) is 0 Å². The fourth-order valence-electron chi connectivity index (χ4n) is 1.86. The Kier molecular flexibility index (Phi) is 7.68. The molecule has 0 aromatic rings. The number of rotatable bonds is 10. The lowest BCUT2D eigenvalue weighted by atomic mass is 9.86. The topological polar surface area (TPSA) is 40.5 Å². The highest BCUT2D eigenvalue weighted by atomic mass is 127. The maximum Gasteiger partial charge on any atom is 0.384 e. The van der Waals surface area contributed by atoms with E-state index >= 15 is 0 Å². The van der Waals surface area contributed by atoms with Crippen molar-refractivity contribution in [1.82, 2.24) is 0 Å². The van der Waals surface area contributed by atoms with Crippen LogP contribution < -0.4 is 0 Å². The first-order valence-corrected chi connectivity index (χ1v) is 8.26. The second kappa shape index (κ2) is 7.79. The average Bonchev–Trinajstić information content (AvgIpc) is 2.51. The van der Waals surface area contributed by atoms with Gasteiger partial charge in [0.2, 0.25) is 3.79 Å². The molecule has 0 heterocycles. The van der Waals surface area contributed by atoms with Crippen LogP contribution in [0.1, 0.15) is 19.8 Å². The standard InChI is InChI=1S/C12H9F16IO2/c1-2-4(13,14)7(17,18)9(21,22)11(25,26)12(27,28)10(23,24)8(19,20)5(15,16)3-6(29,30)31/h30-31H,2-3H2,1H3. The lowest BCUT2D eigenvalue weighted by Gasteiger charge is -2.44. The van der Waals surface area contributed by atoms with Crippen molar-refractivity contribution in [3.8, 4) is 0 Å². The molecule has 0 amide bonds. The van der Waals surface area contributed by atoms with E-state index in [1.54, 1.807) is 0 Å². The quantitative estimate of drug-likeness (QED) is 0.138. The van der Waals surface area contributed by atoms with Crippen LogP contribution in [0, 0.1) is 0 Å². The highest BCUT2D eigenvalue weighted by molar-refractivity contribution is 14.1. The van der Waals surface area contributed by atoms with Gasteiger partial charge in [-0.25, -0.2) is 0 Å². The number of hydrogen-bond acceptors (Lipinski definition) is 2. The Balaban J connectivity index is 6.74. The highest BCUT2D eigenvalue weighted by Gasteiger charge is 2.94. The lowest BCUT2D eigenvalue weighted by Crippen LogP contribution is -2.74. The van der Waals surface area contributed by atoms with E-state index in [1.807, 2.05) is 0 Å². The molecule has 0 rings (SSSR count). The van der Waals surface area contributed by atoms with Crippen molar-refractivity contribution in [2.45, 2.75) is 70.9 Å². The van der Waals surface area contributed by atoms with E-state index < -0.39 is 64.0 Å². The molecular formula is C12H9F16IO2. The normalized spacial score (nSPS) is 16.6. The Morgan fingerprint density at radius 2 is 0.710 bits per heavy atom. The molecule has 31 heavy (non-hydrogen) atoms. The minimum absolute atomic E-state index is 0.0519. The summed E-state index contributed by atoms with van der Waals surface area (Å²) in [6.07, 6.45) is -5.72. The molecule has 2 N–H and O–H groups in total. The summed E-state index contributed by atoms with van der Waals surface area (Å²) in [7, 11) is 0. The van der Waals surface area contributed by atoms with Crippen LogP contribution in [0.2, 0.25) is 0 Å². The fraction of sp³-hybridized carbons (Fsp3) is 1.00. The monoisotopic (exact) mass is 616 g/mol. The van der Waals surface area contributed by atoms with Crippen LogP contribution in [0.5, 0.6) is 0 Å². The van der Waals surface area contributed by atoms with Crippen LogP contribution >= 0.6 is 22.6 Å². The summed E-state index contributed by atoms with van der Waals surface area (Å²) < 4.78 is 209. The molecule has 0 spiro atoms. The van der Waals surface area contributed by atoms with E-state index in [4.69, 9.17) is 10.2 Å². The molecule has 0 atom stereocenters. The summed E-state index contributed by atoms with van der Waals surface area (Å²) in [5, 5.41) is 17.1. The molecule has 188 valence electrons. The molecule has 2 nitrogen and oxygen atoms in total. The molecule has 0 bridgehead atoms. The summed E-state index contributed by atoms with van der Waals surface area (Å²) in [6, 6.07) is 0.